The Labute approximate surface area is 183 Å². The number of nitrogens with one attached hydrogen (secondary N) is 1. The molecule has 4 aromatic rings. The van der Waals surface area contributed by atoms with Crippen molar-refractivity contribution in [1.29, 1.82) is 0 Å². The number of nitrogens with zero attached hydrogens (tertiary/aromatic N) is 4. The summed E-state index contributed by atoms with van der Waals surface area (Å²) in [7, 11) is 1.65. The van der Waals surface area contributed by atoms with E-state index in [-0.39, 0.29) is 11.7 Å². The zero-order chi connectivity index (χ0) is 22.7. The van der Waals surface area contributed by atoms with Gasteiger partial charge in [0.15, 0.2) is 5.82 Å². The first-order chi connectivity index (χ1) is 15.5. The molecule has 0 aliphatic rings. The quantitative estimate of drug-likeness (QED) is 0.435. The summed E-state index contributed by atoms with van der Waals surface area (Å²) >= 11 is 0. The molecule has 3 N–H and O–H groups in total. The molecule has 0 aliphatic carbocycles. The molecule has 0 fully saturated rings. The van der Waals surface area contributed by atoms with E-state index >= 15 is 0 Å². The van der Waals surface area contributed by atoms with E-state index in [1.54, 1.807) is 11.7 Å². The number of likely N-dealkylation sites (N-methyl/N-ethyl adjacent to an activating group) is 1. The highest BCUT2D eigenvalue weighted by Crippen LogP contribution is 2.31. The molecule has 4 rings (SSSR count). The molecule has 1 amide bonds. The van der Waals surface area contributed by atoms with Crippen molar-refractivity contribution in [3.05, 3.63) is 77.6 Å². The molecular weight excluding hydrogens is 408 g/mol. The highest BCUT2D eigenvalue weighted by atomic mass is 16.5. The van der Waals surface area contributed by atoms with Gasteiger partial charge in [-0.2, -0.15) is 10.2 Å². The predicted molar refractivity (Wildman–Crippen MR) is 122 cm³/mol. The normalized spacial score (nSPS) is 10.8. The second-order valence-corrected chi connectivity index (χ2v) is 7.14. The van der Waals surface area contributed by atoms with Gasteiger partial charge in [0.1, 0.15) is 22.7 Å². The number of hydrogen-bond acceptors (Lipinski definition) is 6. The number of carbonyl (C=O) groups is 1. The highest BCUT2D eigenvalue weighted by Gasteiger charge is 2.19. The second-order valence-electron chi connectivity index (χ2n) is 7.14. The summed E-state index contributed by atoms with van der Waals surface area (Å²) in [6, 6.07) is 16.8. The van der Waals surface area contributed by atoms with Crippen LogP contribution < -0.4 is 16.0 Å². The number of hydrogen-bond donors (Lipinski definition) is 2. The Morgan fingerprint density at radius 1 is 1.19 bits per heavy atom. The molecule has 0 unspecified atom stereocenters. The molecule has 0 atom stereocenters. The van der Waals surface area contributed by atoms with E-state index < -0.39 is 5.56 Å². The van der Waals surface area contributed by atoms with E-state index in [1.165, 1.54) is 11.0 Å². The topological polar surface area (TPSA) is 119 Å². The minimum atomic E-state index is -0.408. The monoisotopic (exact) mass is 430 g/mol. The van der Waals surface area contributed by atoms with E-state index in [1.807, 2.05) is 54.6 Å². The number of rotatable bonds is 7. The lowest BCUT2D eigenvalue weighted by molar-refractivity contribution is -0.124. The van der Waals surface area contributed by atoms with E-state index in [9.17, 15) is 9.59 Å². The number of benzene rings is 2. The first kappa shape index (κ1) is 20.9. The second kappa shape index (κ2) is 8.76. The van der Waals surface area contributed by atoms with Gasteiger partial charge in [0.2, 0.25) is 5.91 Å². The van der Waals surface area contributed by atoms with Gasteiger partial charge >= 0.3 is 0 Å². The Balaban J connectivity index is 1.69. The maximum atomic E-state index is 12.5. The van der Waals surface area contributed by atoms with Crippen LogP contribution in [0.25, 0.3) is 22.2 Å². The molecule has 9 nitrogen and oxygen atoms in total. The van der Waals surface area contributed by atoms with Crippen LogP contribution >= 0.6 is 0 Å². The molecular formula is C23H22N6O3. The van der Waals surface area contributed by atoms with Crippen LogP contribution in [0, 0.1) is 0 Å². The SMILES string of the molecule is C=CC(=O)N(C)CCn1nc(-c2ccc(Oc3ccccc3)cc2)c2c(N)n[nH]c(=O)c21. The van der Waals surface area contributed by atoms with Crippen LogP contribution in [0.1, 0.15) is 0 Å². The van der Waals surface area contributed by atoms with Gasteiger partial charge in [0.05, 0.1) is 11.9 Å². The van der Waals surface area contributed by atoms with Crippen molar-refractivity contribution in [2.24, 2.45) is 0 Å². The van der Waals surface area contributed by atoms with Crippen LogP contribution in [0.5, 0.6) is 11.5 Å². The lowest BCUT2D eigenvalue weighted by atomic mass is 10.1. The van der Waals surface area contributed by atoms with Crippen molar-refractivity contribution in [1.82, 2.24) is 24.9 Å². The van der Waals surface area contributed by atoms with Gasteiger partial charge in [0, 0.05) is 19.2 Å². The third-order valence-electron chi connectivity index (χ3n) is 5.01. The molecule has 2 heterocycles. The van der Waals surface area contributed by atoms with Gasteiger partial charge in [-0.15, -0.1) is 0 Å². The average molecular weight is 430 g/mol. The molecule has 2 aromatic carbocycles. The number of H-pyrrole nitrogens is 1. The van der Waals surface area contributed by atoms with Gasteiger partial charge in [-0.1, -0.05) is 24.8 Å². The highest BCUT2D eigenvalue weighted by molar-refractivity contribution is 5.99. The summed E-state index contributed by atoms with van der Waals surface area (Å²) < 4.78 is 7.38. The zero-order valence-electron chi connectivity index (χ0n) is 17.5. The smallest absolute Gasteiger partial charge is 0.290 e. The Hall–Kier alpha value is -4.40. The van der Waals surface area contributed by atoms with Crippen LogP contribution in [0.15, 0.2) is 72.0 Å². The fourth-order valence-electron chi connectivity index (χ4n) is 3.34. The standard InChI is InChI=1S/C23H22N6O3/c1-3-18(30)28(2)13-14-29-21-19(22(24)25-26-23(21)31)20(27-29)15-9-11-17(12-10-15)32-16-7-5-4-6-8-16/h3-12H,1,13-14H2,2H3,(H2,24,25)(H,26,31). The molecule has 0 aliphatic heterocycles. The number of aromatic nitrogens is 4. The molecule has 0 radical (unpaired) electrons. The number of para-hydroxylation sites is 1. The van der Waals surface area contributed by atoms with E-state index in [0.29, 0.717) is 35.4 Å². The fraction of sp³-hybridized carbons (Fsp3) is 0.130. The van der Waals surface area contributed by atoms with Crippen LogP contribution in [0.2, 0.25) is 0 Å². The minimum Gasteiger partial charge on any atom is -0.457 e. The molecule has 32 heavy (non-hydrogen) atoms. The largest absolute Gasteiger partial charge is 0.457 e. The number of carbonyl (C=O) groups excluding carboxylic acids is 1. The van der Waals surface area contributed by atoms with Crippen molar-refractivity contribution in [2.45, 2.75) is 6.54 Å². The van der Waals surface area contributed by atoms with Crippen molar-refractivity contribution >= 4 is 22.6 Å². The number of nitrogens with two attached hydrogens (primary N) is 1. The van der Waals surface area contributed by atoms with Crippen molar-refractivity contribution < 1.29 is 9.53 Å². The molecule has 0 saturated carbocycles. The summed E-state index contributed by atoms with van der Waals surface area (Å²) in [4.78, 5) is 25.8. The summed E-state index contributed by atoms with van der Waals surface area (Å²) in [5, 5.41) is 11.4. The van der Waals surface area contributed by atoms with Crippen molar-refractivity contribution in [3.8, 4) is 22.8 Å². The van der Waals surface area contributed by atoms with Crippen molar-refractivity contribution in [3.63, 3.8) is 0 Å². The summed E-state index contributed by atoms with van der Waals surface area (Å²) in [6.07, 6.45) is 1.24. The third-order valence-corrected chi connectivity index (χ3v) is 5.01. The Morgan fingerprint density at radius 3 is 2.56 bits per heavy atom. The number of ether oxygens (including phenoxy) is 1. The van der Waals surface area contributed by atoms with E-state index in [0.717, 1.165) is 11.3 Å². The molecule has 2 aromatic heterocycles. The van der Waals surface area contributed by atoms with Crippen molar-refractivity contribution in [2.75, 3.05) is 19.3 Å². The number of anilines is 1. The van der Waals surface area contributed by atoms with Crippen LogP contribution in [0.4, 0.5) is 5.82 Å². The number of nitrogen functional groups attached to an aromatic ring is 1. The summed E-state index contributed by atoms with van der Waals surface area (Å²) in [5.74, 6) is 1.34. The number of aromatic amines is 1. The van der Waals surface area contributed by atoms with E-state index in [4.69, 9.17) is 10.5 Å². The minimum absolute atomic E-state index is 0.168. The average Bonchev–Trinajstić information content (AvgIpc) is 3.21. The van der Waals surface area contributed by atoms with Gasteiger partial charge in [0.25, 0.3) is 5.56 Å². The lowest BCUT2D eigenvalue weighted by Crippen LogP contribution is -2.29. The van der Waals surface area contributed by atoms with Gasteiger partial charge in [-0.05, 0) is 42.5 Å². The Morgan fingerprint density at radius 2 is 1.88 bits per heavy atom. The molecule has 0 spiro atoms. The predicted octanol–water partition coefficient (Wildman–Crippen LogP) is 2.81. The van der Waals surface area contributed by atoms with Crippen LogP contribution in [-0.2, 0) is 11.3 Å². The maximum absolute atomic E-state index is 12.5. The van der Waals surface area contributed by atoms with Gasteiger partial charge in [-0.25, -0.2) is 5.10 Å². The molecule has 162 valence electrons. The third kappa shape index (κ3) is 4.08. The number of amides is 1. The summed E-state index contributed by atoms with van der Waals surface area (Å²) in [5.41, 5.74) is 7.27. The first-order valence-electron chi connectivity index (χ1n) is 9.93. The number of fused-ring (bicyclic) bond motifs is 1. The lowest BCUT2D eigenvalue weighted by Gasteiger charge is -2.14. The summed E-state index contributed by atoms with van der Waals surface area (Å²) in [6.45, 7) is 4.13. The molecule has 0 saturated heterocycles. The van der Waals surface area contributed by atoms with Gasteiger partial charge < -0.3 is 15.4 Å². The van der Waals surface area contributed by atoms with Gasteiger partial charge in [-0.3, -0.25) is 14.3 Å². The first-order valence-corrected chi connectivity index (χ1v) is 9.93. The zero-order valence-corrected chi connectivity index (χ0v) is 17.5. The van der Waals surface area contributed by atoms with Crippen LogP contribution in [0.3, 0.4) is 0 Å². The van der Waals surface area contributed by atoms with Crippen LogP contribution in [-0.4, -0.2) is 44.4 Å². The molecule has 0 bridgehead atoms. The fourth-order valence-corrected chi connectivity index (χ4v) is 3.34. The molecule has 9 heteroatoms. The van der Waals surface area contributed by atoms with E-state index in [2.05, 4.69) is 21.9 Å². The Kier molecular flexibility index (Phi) is 5.71. The maximum Gasteiger partial charge on any atom is 0.290 e. The Bertz CT molecular complexity index is 1330.